The fraction of sp³-hybridized carbons (Fsp3) is 0.231. The molecular formula is C13H10BrNO4. The Morgan fingerprint density at radius 2 is 2.11 bits per heavy atom. The molecule has 1 aliphatic heterocycles. The second-order valence-corrected chi connectivity index (χ2v) is 5.37. The molecule has 0 saturated carbocycles. The van der Waals surface area contributed by atoms with Crippen molar-refractivity contribution in [2.75, 3.05) is 13.1 Å². The van der Waals surface area contributed by atoms with Crippen LogP contribution in [0.3, 0.4) is 0 Å². The third-order valence-corrected chi connectivity index (χ3v) is 3.85. The summed E-state index contributed by atoms with van der Waals surface area (Å²) >= 11 is 3.36. The van der Waals surface area contributed by atoms with Crippen LogP contribution in [0.15, 0.2) is 33.2 Å². The lowest BCUT2D eigenvalue weighted by Crippen LogP contribution is -2.52. The maximum Gasteiger partial charge on any atom is 0.310 e. The van der Waals surface area contributed by atoms with Gasteiger partial charge < -0.3 is 14.4 Å². The van der Waals surface area contributed by atoms with Gasteiger partial charge in [0.15, 0.2) is 5.76 Å². The van der Waals surface area contributed by atoms with Gasteiger partial charge >= 0.3 is 5.97 Å². The minimum absolute atomic E-state index is 0.241. The first kappa shape index (κ1) is 12.2. The number of furan rings is 1. The summed E-state index contributed by atoms with van der Waals surface area (Å²) in [5.41, 5.74) is 0.626. The van der Waals surface area contributed by atoms with Crippen LogP contribution in [0.25, 0.3) is 11.0 Å². The van der Waals surface area contributed by atoms with Crippen molar-refractivity contribution in [3.63, 3.8) is 0 Å². The van der Waals surface area contributed by atoms with Gasteiger partial charge in [0.2, 0.25) is 0 Å². The van der Waals surface area contributed by atoms with Crippen molar-refractivity contribution < 1.29 is 19.1 Å². The number of carbonyl (C=O) groups excluding carboxylic acids is 1. The molecule has 0 aliphatic carbocycles. The van der Waals surface area contributed by atoms with Crippen LogP contribution in [0.1, 0.15) is 10.6 Å². The SMILES string of the molecule is O=C(O)C1CN(C(=O)c2cc3cccc(Br)c3o2)C1. The Hall–Kier alpha value is -1.82. The number of aliphatic carboxylic acids is 1. The monoisotopic (exact) mass is 323 g/mol. The number of likely N-dealkylation sites (tertiary alicyclic amines) is 1. The Morgan fingerprint density at radius 3 is 2.74 bits per heavy atom. The Kier molecular flexibility index (Phi) is 2.82. The molecule has 0 atom stereocenters. The number of hydrogen-bond acceptors (Lipinski definition) is 3. The number of halogens is 1. The summed E-state index contributed by atoms with van der Waals surface area (Å²) in [5, 5.41) is 9.63. The fourth-order valence-electron chi connectivity index (χ4n) is 2.09. The first-order valence-corrected chi connectivity index (χ1v) is 6.55. The van der Waals surface area contributed by atoms with Gasteiger partial charge in [0.05, 0.1) is 10.4 Å². The number of hydrogen-bond donors (Lipinski definition) is 1. The number of amides is 1. The molecule has 0 unspecified atom stereocenters. The van der Waals surface area contributed by atoms with Crippen LogP contribution in [0.5, 0.6) is 0 Å². The van der Waals surface area contributed by atoms with Crippen molar-refractivity contribution in [2.24, 2.45) is 5.92 Å². The zero-order valence-electron chi connectivity index (χ0n) is 9.80. The van der Waals surface area contributed by atoms with Gasteiger partial charge in [-0.25, -0.2) is 0 Å². The number of rotatable bonds is 2. The molecule has 6 heteroatoms. The van der Waals surface area contributed by atoms with E-state index in [2.05, 4.69) is 15.9 Å². The van der Waals surface area contributed by atoms with Crippen molar-refractivity contribution in [3.05, 3.63) is 34.5 Å². The summed E-state index contributed by atoms with van der Waals surface area (Å²) in [7, 11) is 0. The molecular weight excluding hydrogens is 314 g/mol. The van der Waals surface area contributed by atoms with Gasteiger partial charge in [0, 0.05) is 18.5 Å². The molecule has 1 aromatic carbocycles. The number of carbonyl (C=O) groups is 2. The highest BCUT2D eigenvalue weighted by atomic mass is 79.9. The zero-order valence-corrected chi connectivity index (χ0v) is 11.4. The molecule has 2 heterocycles. The molecule has 0 radical (unpaired) electrons. The molecule has 0 bridgehead atoms. The van der Waals surface area contributed by atoms with Crippen LogP contribution in [0.2, 0.25) is 0 Å². The van der Waals surface area contributed by atoms with Crippen LogP contribution >= 0.6 is 15.9 Å². The maximum absolute atomic E-state index is 12.1. The summed E-state index contributed by atoms with van der Waals surface area (Å²) in [4.78, 5) is 24.3. The average Bonchev–Trinajstić information content (AvgIpc) is 2.71. The van der Waals surface area contributed by atoms with Crippen molar-refractivity contribution in [1.29, 1.82) is 0 Å². The average molecular weight is 324 g/mol. The van der Waals surface area contributed by atoms with E-state index in [0.29, 0.717) is 5.58 Å². The van der Waals surface area contributed by atoms with Gasteiger partial charge in [-0.3, -0.25) is 9.59 Å². The molecule has 2 aromatic rings. The highest BCUT2D eigenvalue weighted by Gasteiger charge is 2.37. The van der Waals surface area contributed by atoms with Crippen molar-refractivity contribution in [2.45, 2.75) is 0 Å². The van der Waals surface area contributed by atoms with E-state index in [0.717, 1.165) is 9.86 Å². The zero-order chi connectivity index (χ0) is 13.6. The number of carboxylic acid groups (broad SMARTS) is 1. The van der Waals surface area contributed by atoms with E-state index in [1.807, 2.05) is 18.2 Å². The Labute approximate surface area is 116 Å². The second kappa shape index (κ2) is 4.38. The Balaban J connectivity index is 1.83. The third kappa shape index (κ3) is 2.02. The van der Waals surface area contributed by atoms with Gasteiger partial charge in [-0.15, -0.1) is 0 Å². The minimum atomic E-state index is -0.864. The molecule has 1 aromatic heterocycles. The molecule has 3 rings (SSSR count). The third-order valence-electron chi connectivity index (χ3n) is 3.22. The molecule has 5 nitrogen and oxygen atoms in total. The van der Waals surface area contributed by atoms with Crippen LogP contribution < -0.4 is 0 Å². The van der Waals surface area contributed by atoms with E-state index < -0.39 is 11.9 Å². The van der Waals surface area contributed by atoms with Gasteiger partial charge in [-0.05, 0) is 28.1 Å². The van der Waals surface area contributed by atoms with Crippen LogP contribution in [-0.4, -0.2) is 35.0 Å². The summed E-state index contributed by atoms with van der Waals surface area (Å²) in [6, 6.07) is 7.23. The minimum Gasteiger partial charge on any atom is -0.481 e. The van der Waals surface area contributed by atoms with Crippen molar-refractivity contribution in [3.8, 4) is 0 Å². The number of carboxylic acids is 1. The van der Waals surface area contributed by atoms with Crippen molar-refractivity contribution >= 4 is 38.8 Å². The predicted octanol–water partition coefficient (Wildman–Crippen LogP) is 2.35. The number of para-hydroxylation sites is 1. The molecule has 1 saturated heterocycles. The molecule has 1 N–H and O–H groups in total. The summed E-state index contributed by atoms with van der Waals surface area (Å²) in [5.74, 6) is -1.34. The topological polar surface area (TPSA) is 70.8 Å². The molecule has 1 fully saturated rings. The quantitative estimate of drug-likeness (QED) is 0.920. The number of fused-ring (bicyclic) bond motifs is 1. The fourth-order valence-corrected chi connectivity index (χ4v) is 2.55. The Bertz CT molecular complexity index is 672. The van der Waals surface area contributed by atoms with Crippen LogP contribution in [0.4, 0.5) is 0 Å². The largest absolute Gasteiger partial charge is 0.481 e. The lowest BCUT2D eigenvalue weighted by Gasteiger charge is -2.35. The summed E-state index contributed by atoms with van der Waals surface area (Å²) in [6.07, 6.45) is 0. The van der Waals surface area contributed by atoms with Crippen molar-refractivity contribution in [1.82, 2.24) is 4.90 Å². The number of benzene rings is 1. The van der Waals surface area contributed by atoms with E-state index in [1.165, 1.54) is 4.90 Å². The molecule has 19 heavy (non-hydrogen) atoms. The highest BCUT2D eigenvalue weighted by molar-refractivity contribution is 9.10. The maximum atomic E-state index is 12.1. The van der Waals surface area contributed by atoms with Gasteiger partial charge in [-0.1, -0.05) is 12.1 Å². The lowest BCUT2D eigenvalue weighted by atomic mass is 10.0. The number of nitrogens with zero attached hydrogens (tertiary/aromatic N) is 1. The molecule has 98 valence electrons. The smallest absolute Gasteiger partial charge is 0.310 e. The van der Waals surface area contributed by atoms with E-state index >= 15 is 0 Å². The van der Waals surface area contributed by atoms with Crippen LogP contribution in [-0.2, 0) is 4.79 Å². The highest BCUT2D eigenvalue weighted by Crippen LogP contribution is 2.28. The summed E-state index contributed by atoms with van der Waals surface area (Å²) < 4.78 is 6.32. The normalized spacial score (nSPS) is 15.5. The summed E-state index contributed by atoms with van der Waals surface area (Å²) in [6.45, 7) is 0.485. The first-order chi connectivity index (χ1) is 9.06. The van der Waals surface area contributed by atoms with E-state index in [4.69, 9.17) is 9.52 Å². The van der Waals surface area contributed by atoms with Gasteiger partial charge in [0.1, 0.15) is 5.58 Å². The first-order valence-electron chi connectivity index (χ1n) is 5.76. The lowest BCUT2D eigenvalue weighted by molar-refractivity contribution is -0.146. The Morgan fingerprint density at radius 1 is 1.37 bits per heavy atom. The van der Waals surface area contributed by atoms with Gasteiger partial charge in [-0.2, -0.15) is 0 Å². The van der Waals surface area contributed by atoms with E-state index in [9.17, 15) is 9.59 Å². The predicted molar refractivity (Wildman–Crippen MR) is 70.9 cm³/mol. The molecule has 1 amide bonds. The van der Waals surface area contributed by atoms with E-state index in [-0.39, 0.29) is 24.8 Å². The van der Waals surface area contributed by atoms with Crippen LogP contribution in [0, 0.1) is 5.92 Å². The van der Waals surface area contributed by atoms with E-state index in [1.54, 1.807) is 6.07 Å². The standard InChI is InChI=1S/C13H10BrNO4/c14-9-3-1-2-7-4-10(19-11(7)9)12(16)15-5-8(6-15)13(17)18/h1-4,8H,5-6H2,(H,17,18). The molecule has 0 spiro atoms. The molecule has 1 aliphatic rings. The van der Waals surface area contributed by atoms with Gasteiger partial charge in [0.25, 0.3) is 5.91 Å². The second-order valence-electron chi connectivity index (χ2n) is 4.51.